The summed E-state index contributed by atoms with van der Waals surface area (Å²) in [7, 11) is 0. The average Bonchev–Trinajstić information content (AvgIpc) is 3.50. The summed E-state index contributed by atoms with van der Waals surface area (Å²) in [5, 5.41) is 11.8. The molecule has 0 fully saturated rings. The number of thiazole rings is 1. The number of aryl methyl sites for hydroxylation is 1. The average molecular weight is 495 g/mol. The van der Waals surface area contributed by atoms with E-state index >= 15 is 0 Å². The van der Waals surface area contributed by atoms with Crippen LogP contribution in [0.4, 0.5) is 5.13 Å². The number of ether oxygens (including phenoxy) is 1. The maximum Gasteiger partial charge on any atom is 0.296 e. The minimum Gasteiger partial charge on any atom is -0.503 e. The van der Waals surface area contributed by atoms with Crippen molar-refractivity contribution in [2.24, 2.45) is 0 Å². The maximum absolute atomic E-state index is 13.4. The number of aromatic nitrogens is 1. The van der Waals surface area contributed by atoms with E-state index in [9.17, 15) is 14.7 Å². The molecule has 4 aromatic rings. The zero-order valence-corrected chi connectivity index (χ0v) is 19.8. The van der Waals surface area contributed by atoms with Gasteiger partial charge in [-0.05, 0) is 61.9 Å². The summed E-state index contributed by atoms with van der Waals surface area (Å²) in [5.74, 6) is -0.666. The van der Waals surface area contributed by atoms with E-state index in [1.54, 1.807) is 55.5 Å². The number of rotatable bonds is 6. The minimum absolute atomic E-state index is 0.0423. The number of carbonyl (C=O) groups is 2. The standard InChI is InChI=1S/C25H19ClN2O5S/c1-3-32-16-8-5-14(6-9-16)21-20(22(29)18-11-4-13(2)33-18)23(30)24(31)28(21)25-27-17-10-7-15(26)12-19(17)34-25/h4-12,21,30H,3H2,1-2H3. The predicted octanol–water partition coefficient (Wildman–Crippen LogP) is 6.03. The topological polar surface area (TPSA) is 92.9 Å². The van der Waals surface area contributed by atoms with Gasteiger partial charge in [-0.3, -0.25) is 14.5 Å². The van der Waals surface area contributed by atoms with E-state index in [-0.39, 0.29) is 11.3 Å². The fourth-order valence-corrected chi connectivity index (χ4v) is 5.21. The number of halogens is 1. The number of nitrogens with zero attached hydrogens (tertiary/aromatic N) is 2. The van der Waals surface area contributed by atoms with Gasteiger partial charge in [0.05, 0.1) is 28.4 Å². The van der Waals surface area contributed by atoms with Crippen LogP contribution in [0, 0.1) is 6.92 Å². The van der Waals surface area contributed by atoms with Gasteiger partial charge in [-0.25, -0.2) is 4.98 Å². The normalized spacial score (nSPS) is 16.0. The van der Waals surface area contributed by atoms with E-state index in [0.29, 0.717) is 39.4 Å². The second-order valence-corrected chi connectivity index (χ2v) is 9.14. The van der Waals surface area contributed by atoms with Gasteiger partial charge in [-0.2, -0.15) is 0 Å². The van der Waals surface area contributed by atoms with Gasteiger partial charge in [0.1, 0.15) is 11.5 Å². The van der Waals surface area contributed by atoms with Crippen molar-refractivity contribution in [3.8, 4) is 5.75 Å². The molecule has 0 saturated carbocycles. The molecular weight excluding hydrogens is 476 g/mol. The number of anilines is 1. The van der Waals surface area contributed by atoms with Crippen LogP contribution in [0.2, 0.25) is 5.02 Å². The Morgan fingerprint density at radius 1 is 1.21 bits per heavy atom. The number of fused-ring (bicyclic) bond motifs is 1. The summed E-state index contributed by atoms with van der Waals surface area (Å²) in [5.41, 5.74) is 1.20. The zero-order chi connectivity index (χ0) is 24.0. The zero-order valence-electron chi connectivity index (χ0n) is 18.2. The maximum atomic E-state index is 13.4. The number of aliphatic hydroxyl groups excluding tert-OH is 1. The molecule has 3 heterocycles. The van der Waals surface area contributed by atoms with Crippen LogP contribution < -0.4 is 9.64 Å². The molecule has 2 aromatic heterocycles. The van der Waals surface area contributed by atoms with Crippen molar-refractivity contribution in [1.29, 1.82) is 0 Å². The lowest BCUT2D eigenvalue weighted by Crippen LogP contribution is -2.30. The van der Waals surface area contributed by atoms with E-state index in [4.69, 9.17) is 20.8 Å². The van der Waals surface area contributed by atoms with Crippen LogP contribution >= 0.6 is 22.9 Å². The Kier molecular flexibility index (Phi) is 5.63. The fourth-order valence-electron chi connectivity index (χ4n) is 3.94. The highest BCUT2D eigenvalue weighted by atomic mass is 35.5. The summed E-state index contributed by atoms with van der Waals surface area (Å²) in [4.78, 5) is 32.6. The third-order valence-corrected chi connectivity index (χ3v) is 6.72. The number of ketones is 1. The Bertz CT molecular complexity index is 1450. The lowest BCUT2D eigenvalue weighted by molar-refractivity contribution is -0.117. The second kappa shape index (κ2) is 8.62. The number of hydrogen-bond acceptors (Lipinski definition) is 7. The van der Waals surface area contributed by atoms with Gasteiger partial charge in [0.2, 0.25) is 5.78 Å². The second-order valence-electron chi connectivity index (χ2n) is 7.69. The smallest absolute Gasteiger partial charge is 0.296 e. The van der Waals surface area contributed by atoms with E-state index in [1.807, 2.05) is 6.92 Å². The SMILES string of the molecule is CCOc1ccc(C2C(C(=O)c3ccc(C)o3)=C(O)C(=O)N2c2nc3ccc(Cl)cc3s2)cc1. The van der Waals surface area contributed by atoms with Crippen LogP contribution in [0.5, 0.6) is 5.75 Å². The molecule has 0 aliphatic carbocycles. The van der Waals surface area contributed by atoms with Crippen molar-refractivity contribution in [3.05, 3.63) is 88.0 Å². The summed E-state index contributed by atoms with van der Waals surface area (Å²) >= 11 is 7.37. The van der Waals surface area contributed by atoms with Crippen LogP contribution in [0.1, 0.15) is 34.8 Å². The van der Waals surface area contributed by atoms with Crippen molar-refractivity contribution in [3.63, 3.8) is 0 Å². The quantitative estimate of drug-likeness (QED) is 0.329. The van der Waals surface area contributed by atoms with Gasteiger partial charge < -0.3 is 14.3 Å². The Balaban J connectivity index is 1.65. The fraction of sp³-hybridized carbons (Fsp3) is 0.160. The third kappa shape index (κ3) is 3.74. The third-order valence-electron chi connectivity index (χ3n) is 5.47. The van der Waals surface area contributed by atoms with E-state index in [2.05, 4.69) is 4.98 Å². The molecule has 0 spiro atoms. The molecule has 172 valence electrons. The molecule has 1 unspecified atom stereocenters. The van der Waals surface area contributed by atoms with Gasteiger partial charge >= 0.3 is 0 Å². The van der Waals surface area contributed by atoms with Crippen molar-refractivity contribution < 1.29 is 23.8 Å². The number of furan rings is 1. The number of aliphatic hydroxyl groups is 1. The molecule has 0 radical (unpaired) electrons. The van der Waals surface area contributed by atoms with Crippen LogP contribution in [0.15, 0.2) is 70.3 Å². The Labute approximate surface area is 203 Å². The number of amides is 1. The van der Waals surface area contributed by atoms with Crippen LogP contribution in [0.3, 0.4) is 0 Å². The molecule has 1 N–H and O–H groups in total. The highest BCUT2D eigenvalue weighted by Gasteiger charge is 2.46. The lowest BCUT2D eigenvalue weighted by Gasteiger charge is -2.24. The predicted molar refractivity (Wildman–Crippen MR) is 130 cm³/mol. The molecule has 1 aliphatic heterocycles. The molecule has 5 rings (SSSR count). The highest BCUT2D eigenvalue weighted by molar-refractivity contribution is 7.22. The van der Waals surface area contributed by atoms with Crippen molar-refractivity contribution in [2.45, 2.75) is 19.9 Å². The van der Waals surface area contributed by atoms with Crippen molar-refractivity contribution in [2.75, 3.05) is 11.5 Å². The van der Waals surface area contributed by atoms with E-state index in [0.717, 1.165) is 4.70 Å². The van der Waals surface area contributed by atoms with E-state index < -0.39 is 23.5 Å². The summed E-state index contributed by atoms with van der Waals surface area (Å²) in [6, 6.07) is 14.6. The number of hydrogen-bond donors (Lipinski definition) is 1. The number of benzene rings is 2. The monoisotopic (exact) mass is 494 g/mol. The molecule has 1 atom stereocenters. The van der Waals surface area contributed by atoms with Crippen LogP contribution in [-0.2, 0) is 4.79 Å². The van der Waals surface area contributed by atoms with Gasteiger partial charge in [0.15, 0.2) is 16.7 Å². The van der Waals surface area contributed by atoms with Crippen LogP contribution in [0.25, 0.3) is 10.2 Å². The van der Waals surface area contributed by atoms with Crippen LogP contribution in [-0.4, -0.2) is 28.4 Å². The van der Waals surface area contributed by atoms with Crippen molar-refractivity contribution in [1.82, 2.24) is 4.98 Å². The summed E-state index contributed by atoms with van der Waals surface area (Å²) in [6.45, 7) is 4.10. The first-order valence-electron chi connectivity index (χ1n) is 10.5. The molecular formula is C25H19ClN2O5S. The van der Waals surface area contributed by atoms with Crippen molar-refractivity contribution >= 4 is 50.0 Å². The molecule has 9 heteroatoms. The van der Waals surface area contributed by atoms with Gasteiger partial charge in [0.25, 0.3) is 5.91 Å². The molecule has 1 aliphatic rings. The largest absolute Gasteiger partial charge is 0.503 e. The number of Topliss-reactive ketones (excluding diaryl/α,β-unsaturated/α-hetero) is 1. The summed E-state index contributed by atoms with van der Waals surface area (Å²) in [6.07, 6.45) is 0. The molecule has 7 nitrogen and oxygen atoms in total. The minimum atomic E-state index is -0.905. The van der Waals surface area contributed by atoms with E-state index in [1.165, 1.54) is 22.3 Å². The first-order valence-corrected chi connectivity index (χ1v) is 11.7. The Morgan fingerprint density at radius 3 is 2.65 bits per heavy atom. The first-order chi connectivity index (χ1) is 16.4. The highest BCUT2D eigenvalue weighted by Crippen LogP contribution is 2.44. The molecule has 0 saturated heterocycles. The van der Waals surface area contributed by atoms with Gasteiger partial charge in [-0.1, -0.05) is 35.1 Å². The molecule has 0 bridgehead atoms. The van der Waals surface area contributed by atoms with Gasteiger partial charge in [-0.15, -0.1) is 0 Å². The molecule has 34 heavy (non-hydrogen) atoms. The van der Waals surface area contributed by atoms with Gasteiger partial charge in [0, 0.05) is 5.02 Å². The molecule has 2 aromatic carbocycles. The number of carbonyl (C=O) groups excluding carboxylic acids is 2. The molecule has 1 amide bonds. The Hall–Kier alpha value is -3.62. The summed E-state index contributed by atoms with van der Waals surface area (Å²) < 4.78 is 11.8. The first kappa shape index (κ1) is 22.2. The Morgan fingerprint density at radius 2 is 1.97 bits per heavy atom. The lowest BCUT2D eigenvalue weighted by atomic mass is 9.95.